The van der Waals surface area contributed by atoms with Crippen molar-refractivity contribution in [3.63, 3.8) is 0 Å². The number of benzene rings is 1. The maximum atomic E-state index is 6.10. The van der Waals surface area contributed by atoms with Crippen LogP contribution in [0, 0.1) is 6.92 Å². The number of nitrogens with two attached hydrogens (primary N) is 1. The number of thiocarbonyl (C=S) groups is 1. The van der Waals surface area contributed by atoms with Gasteiger partial charge in [0.15, 0.2) is 0 Å². The molecule has 1 unspecified atom stereocenters. The van der Waals surface area contributed by atoms with Gasteiger partial charge in [0.05, 0.1) is 4.99 Å². The van der Waals surface area contributed by atoms with Crippen molar-refractivity contribution in [2.24, 2.45) is 5.73 Å². The minimum Gasteiger partial charge on any atom is -0.335 e. The zero-order valence-electron chi connectivity index (χ0n) is 14.0. The molecule has 0 spiro atoms. The van der Waals surface area contributed by atoms with E-state index in [1.54, 1.807) is 0 Å². The smallest absolute Gasteiger partial charge is 0.0792 e. The van der Waals surface area contributed by atoms with Gasteiger partial charge in [-0.15, -0.1) is 0 Å². The Balaban J connectivity index is 2.95. The van der Waals surface area contributed by atoms with Crippen molar-refractivity contribution in [1.82, 2.24) is 4.90 Å². The van der Waals surface area contributed by atoms with E-state index in [1.807, 2.05) is 25.7 Å². The van der Waals surface area contributed by atoms with E-state index in [2.05, 4.69) is 50.4 Å². The van der Waals surface area contributed by atoms with Gasteiger partial charge >= 0.3 is 0 Å². The molecule has 0 saturated carbocycles. The lowest BCUT2D eigenvalue weighted by molar-refractivity contribution is 0.492. The molecule has 0 radical (unpaired) electrons. The maximum absolute atomic E-state index is 6.10. The van der Waals surface area contributed by atoms with Gasteiger partial charge in [-0.2, -0.15) is 0 Å². The van der Waals surface area contributed by atoms with Gasteiger partial charge in [0, 0.05) is 18.3 Å². The first-order chi connectivity index (χ1) is 10.2. The summed E-state index contributed by atoms with van der Waals surface area (Å²) in [5.41, 5.74) is 11.4. The minimum absolute atomic E-state index is 0.123. The average molecular weight is 314 g/mol. The van der Waals surface area contributed by atoms with Crippen LogP contribution < -0.4 is 5.73 Å². The van der Waals surface area contributed by atoms with Gasteiger partial charge < -0.3 is 10.6 Å². The number of allylic oxidation sites excluding steroid dienone is 1. The molecule has 0 bridgehead atoms. The minimum atomic E-state index is -0.123. The second-order valence-corrected chi connectivity index (χ2v) is 6.36. The van der Waals surface area contributed by atoms with Crippen LogP contribution in [0.5, 0.6) is 0 Å². The van der Waals surface area contributed by atoms with E-state index in [9.17, 15) is 0 Å². The zero-order valence-corrected chi connectivity index (χ0v) is 14.8. The van der Waals surface area contributed by atoms with Gasteiger partial charge in [0.1, 0.15) is 0 Å². The fourth-order valence-corrected chi connectivity index (χ4v) is 2.17. The lowest BCUT2D eigenvalue weighted by Gasteiger charge is -2.29. The van der Waals surface area contributed by atoms with Crippen molar-refractivity contribution >= 4 is 23.3 Å². The van der Waals surface area contributed by atoms with Crippen molar-refractivity contribution in [2.75, 3.05) is 6.54 Å². The van der Waals surface area contributed by atoms with Crippen LogP contribution in [0.15, 0.2) is 54.3 Å². The second kappa shape index (κ2) is 8.06. The molecule has 0 aliphatic carbocycles. The van der Waals surface area contributed by atoms with Gasteiger partial charge in [-0.05, 0) is 44.9 Å². The molecule has 0 aliphatic rings. The number of hydrogen-bond acceptors (Lipinski definition) is 2. The number of aryl methyl sites for hydroxylation is 1. The van der Waals surface area contributed by atoms with E-state index in [0.717, 1.165) is 27.4 Å². The highest BCUT2D eigenvalue weighted by Gasteiger charge is 2.15. The lowest BCUT2D eigenvalue weighted by atomic mass is 10.1. The molecule has 0 amide bonds. The third-order valence-electron chi connectivity index (χ3n) is 3.63. The fraction of sp³-hybridized carbons (Fsp3) is 0.316. The van der Waals surface area contributed by atoms with Crippen LogP contribution in [0.3, 0.4) is 0 Å². The largest absolute Gasteiger partial charge is 0.335 e. The molecule has 2 nitrogen and oxygen atoms in total. The van der Waals surface area contributed by atoms with Crippen LogP contribution in [-0.2, 0) is 0 Å². The van der Waals surface area contributed by atoms with Crippen LogP contribution >= 0.6 is 12.2 Å². The van der Waals surface area contributed by atoms with Crippen molar-refractivity contribution in [3.05, 3.63) is 65.4 Å². The predicted molar refractivity (Wildman–Crippen MR) is 102 cm³/mol. The first-order valence-electron chi connectivity index (χ1n) is 7.35. The highest BCUT2D eigenvalue weighted by Crippen LogP contribution is 2.19. The van der Waals surface area contributed by atoms with E-state index < -0.39 is 0 Å². The molecule has 0 aliphatic heterocycles. The molecule has 1 rings (SSSR count). The highest BCUT2D eigenvalue weighted by atomic mass is 32.1. The van der Waals surface area contributed by atoms with Crippen LogP contribution in [-0.4, -0.2) is 22.5 Å². The summed E-state index contributed by atoms with van der Waals surface area (Å²) in [5, 5.41) is 0. The molecule has 1 aromatic rings. The molecule has 0 saturated heterocycles. The molecule has 1 aromatic carbocycles. The van der Waals surface area contributed by atoms with E-state index in [0.29, 0.717) is 6.54 Å². The Morgan fingerprint density at radius 3 is 2.23 bits per heavy atom. The van der Waals surface area contributed by atoms with Gasteiger partial charge in [-0.25, -0.2) is 0 Å². The summed E-state index contributed by atoms with van der Waals surface area (Å²) in [4.78, 5) is 2.74. The molecule has 0 aromatic heterocycles. The first-order valence-corrected chi connectivity index (χ1v) is 7.76. The van der Waals surface area contributed by atoms with Crippen LogP contribution in [0.1, 0.15) is 31.9 Å². The Hall–Kier alpha value is -1.71. The average Bonchev–Trinajstić information content (AvgIpc) is 2.45. The van der Waals surface area contributed by atoms with Crippen LogP contribution in [0.2, 0.25) is 0 Å². The number of nitrogens with zero attached hydrogens (tertiary/aromatic N) is 1. The molecule has 3 heteroatoms. The summed E-state index contributed by atoms with van der Waals surface area (Å²) in [6.07, 6.45) is 2.11. The Kier molecular flexibility index (Phi) is 6.72. The topological polar surface area (TPSA) is 29.3 Å². The summed E-state index contributed by atoms with van der Waals surface area (Å²) in [6.45, 7) is 16.6. The third-order valence-corrected chi connectivity index (χ3v) is 3.85. The first kappa shape index (κ1) is 18.3. The van der Waals surface area contributed by atoms with Crippen molar-refractivity contribution in [3.8, 4) is 0 Å². The van der Waals surface area contributed by atoms with Crippen LogP contribution in [0.4, 0.5) is 0 Å². The summed E-state index contributed by atoms with van der Waals surface area (Å²) < 4.78 is 0. The molecule has 118 valence electrons. The van der Waals surface area contributed by atoms with E-state index in [-0.39, 0.29) is 6.04 Å². The Morgan fingerprint density at radius 2 is 1.77 bits per heavy atom. The quantitative estimate of drug-likeness (QED) is 0.477. The standard InChI is InChI=1S/C19H26N2S/c1-13(2)19(20)12-21(17(6)22)16(5)15(4)11-18-9-7-14(3)8-10-18/h7-11,19H,1,5,12,20H2,2-4,6H3/b15-11+. The van der Waals surface area contributed by atoms with Gasteiger partial charge in [-0.1, -0.05) is 60.8 Å². The fourth-order valence-electron chi connectivity index (χ4n) is 1.99. The third kappa shape index (κ3) is 5.24. The van der Waals surface area contributed by atoms with Crippen molar-refractivity contribution in [2.45, 2.75) is 33.7 Å². The summed E-state index contributed by atoms with van der Waals surface area (Å²) >= 11 is 5.35. The van der Waals surface area contributed by atoms with E-state index in [4.69, 9.17) is 18.0 Å². The Labute approximate surface area is 140 Å². The predicted octanol–water partition coefficient (Wildman–Crippen LogP) is 4.46. The molecular formula is C19H26N2S. The molecule has 0 fully saturated rings. The van der Waals surface area contributed by atoms with Gasteiger partial charge in [0.25, 0.3) is 0 Å². The maximum Gasteiger partial charge on any atom is 0.0792 e. The Morgan fingerprint density at radius 1 is 1.23 bits per heavy atom. The zero-order chi connectivity index (χ0) is 16.9. The Bertz CT molecular complexity index is 596. The molecular weight excluding hydrogens is 288 g/mol. The van der Waals surface area contributed by atoms with E-state index >= 15 is 0 Å². The van der Waals surface area contributed by atoms with Crippen molar-refractivity contribution < 1.29 is 0 Å². The SMILES string of the molecule is C=C(C)C(N)CN(C(=C)/C(C)=C/c1ccc(C)cc1)C(C)=S. The summed E-state index contributed by atoms with van der Waals surface area (Å²) in [5.74, 6) is 0. The monoisotopic (exact) mass is 314 g/mol. The summed E-state index contributed by atoms with van der Waals surface area (Å²) in [6, 6.07) is 8.27. The molecule has 0 heterocycles. The second-order valence-electron chi connectivity index (χ2n) is 5.77. The highest BCUT2D eigenvalue weighted by molar-refractivity contribution is 7.80. The van der Waals surface area contributed by atoms with E-state index in [1.165, 1.54) is 5.56 Å². The van der Waals surface area contributed by atoms with Crippen LogP contribution in [0.25, 0.3) is 6.08 Å². The molecule has 2 N–H and O–H groups in total. The number of hydrogen-bond donors (Lipinski definition) is 1. The van der Waals surface area contributed by atoms with Gasteiger partial charge in [-0.3, -0.25) is 0 Å². The lowest BCUT2D eigenvalue weighted by Crippen LogP contribution is -2.39. The van der Waals surface area contributed by atoms with Crippen molar-refractivity contribution in [1.29, 1.82) is 0 Å². The summed E-state index contributed by atoms with van der Waals surface area (Å²) in [7, 11) is 0. The molecule has 1 atom stereocenters. The normalized spacial score (nSPS) is 12.7. The molecule has 22 heavy (non-hydrogen) atoms. The van der Waals surface area contributed by atoms with Gasteiger partial charge in [0.2, 0.25) is 0 Å². The number of rotatable bonds is 6.